The fourth-order valence-electron chi connectivity index (χ4n) is 1.65. The number of carbonyl (C=O) groups is 1. The number of carbonyl (C=O) groups excluding carboxylic acids is 1. The summed E-state index contributed by atoms with van der Waals surface area (Å²) in [5.41, 5.74) is 0.187. The topological polar surface area (TPSA) is 77.2 Å². The molecule has 0 saturated heterocycles. The van der Waals surface area contributed by atoms with Crippen molar-refractivity contribution in [1.29, 1.82) is 0 Å². The summed E-state index contributed by atoms with van der Waals surface area (Å²) < 4.78 is 9.82. The molecule has 0 fully saturated rings. The molecule has 1 unspecified atom stereocenters. The highest BCUT2D eigenvalue weighted by molar-refractivity contribution is 5.86. The van der Waals surface area contributed by atoms with Gasteiger partial charge in [-0.15, -0.1) is 0 Å². The van der Waals surface area contributed by atoms with E-state index in [1.54, 1.807) is 6.26 Å². The van der Waals surface area contributed by atoms with Gasteiger partial charge in [0.15, 0.2) is 5.69 Å². The van der Waals surface area contributed by atoms with Crippen molar-refractivity contribution < 1.29 is 13.9 Å². The number of furan rings is 1. The number of aromatic nitrogens is 2. The number of ether oxygens (including phenoxy) is 1. The van der Waals surface area contributed by atoms with Crippen LogP contribution in [0.25, 0.3) is 0 Å². The van der Waals surface area contributed by atoms with Crippen LogP contribution >= 0.6 is 0 Å². The number of nitrogens with one attached hydrogen (secondary N) is 1. The van der Waals surface area contributed by atoms with E-state index in [9.17, 15) is 4.79 Å². The molecule has 2 heterocycles. The van der Waals surface area contributed by atoms with E-state index in [1.165, 1.54) is 19.5 Å². The highest BCUT2D eigenvalue weighted by atomic mass is 16.5. The number of rotatable bonds is 5. The maximum absolute atomic E-state index is 11.2. The molecule has 0 bridgehead atoms. The summed E-state index contributed by atoms with van der Waals surface area (Å²) in [5.74, 6) is 1.01. The predicted octanol–water partition coefficient (Wildman–Crippen LogP) is 1.90. The van der Waals surface area contributed by atoms with Crippen molar-refractivity contribution in [2.45, 2.75) is 19.4 Å². The Morgan fingerprint density at radius 3 is 2.89 bits per heavy atom. The first-order chi connectivity index (χ1) is 9.19. The largest absolute Gasteiger partial charge is 0.469 e. The van der Waals surface area contributed by atoms with E-state index in [4.69, 9.17) is 4.42 Å². The number of methoxy groups -OCH3 is 1. The van der Waals surface area contributed by atoms with Crippen molar-refractivity contribution >= 4 is 11.8 Å². The van der Waals surface area contributed by atoms with Gasteiger partial charge < -0.3 is 14.5 Å². The summed E-state index contributed by atoms with van der Waals surface area (Å²) in [6.07, 6.45) is 5.28. The Bertz CT molecular complexity index is 523. The monoisotopic (exact) mass is 261 g/mol. The molecular formula is C13H15N3O3. The second-order valence-corrected chi connectivity index (χ2v) is 4.11. The Morgan fingerprint density at radius 2 is 2.32 bits per heavy atom. The van der Waals surface area contributed by atoms with Gasteiger partial charge in [0.05, 0.1) is 25.8 Å². The molecule has 0 spiro atoms. The average molecular weight is 261 g/mol. The van der Waals surface area contributed by atoms with Gasteiger partial charge in [-0.3, -0.25) is 0 Å². The van der Waals surface area contributed by atoms with Crippen LogP contribution in [0.15, 0.2) is 35.2 Å². The van der Waals surface area contributed by atoms with Gasteiger partial charge >= 0.3 is 5.97 Å². The fraction of sp³-hybridized carbons (Fsp3) is 0.308. The van der Waals surface area contributed by atoms with E-state index in [0.29, 0.717) is 5.82 Å². The maximum Gasteiger partial charge on any atom is 0.358 e. The van der Waals surface area contributed by atoms with E-state index >= 15 is 0 Å². The normalized spacial score (nSPS) is 11.9. The van der Waals surface area contributed by atoms with E-state index < -0.39 is 5.97 Å². The lowest BCUT2D eigenvalue weighted by Crippen LogP contribution is -2.19. The Labute approximate surface area is 110 Å². The summed E-state index contributed by atoms with van der Waals surface area (Å²) in [6.45, 7) is 2.01. The molecule has 0 aromatic carbocycles. The first-order valence-electron chi connectivity index (χ1n) is 5.88. The van der Waals surface area contributed by atoms with Crippen LogP contribution in [-0.2, 0) is 11.2 Å². The van der Waals surface area contributed by atoms with Gasteiger partial charge in [0.1, 0.15) is 11.6 Å². The van der Waals surface area contributed by atoms with Gasteiger partial charge in [-0.2, -0.15) is 0 Å². The van der Waals surface area contributed by atoms with Crippen molar-refractivity contribution in [3.8, 4) is 0 Å². The number of hydrogen-bond acceptors (Lipinski definition) is 6. The van der Waals surface area contributed by atoms with Gasteiger partial charge in [-0.1, -0.05) is 0 Å². The molecule has 0 radical (unpaired) electrons. The van der Waals surface area contributed by atoms with E-state index in [1.807, 2.05) is 19.1 Å². The summed E-state index contributed by atoms with van der Waals surface area (Å²) >= 11 is 0. The van der Waals surface area contributed by atoms with Crippen LogP contribution in [0.1, 0.15) is 23.2 Å². The lowest BCUT2D eigenvalue weighted by atomic mass is 10.2. The van der Waals surface area contributed by atoms with Crippen molar-refractivity contribution in [1.82, 2.24) is 9.97 Å². The summed E-state index contributed by atoms with van der Waals surface area (Å²) in [7, 11) is 1.31. The van der Waals surface area contributed by atoms with Gasteiger partial charge in [-0.25, -0.2) is 14.8 Å². The molecule has 1 atom stereocenters. The molecule has 19 heavy (non-hydrogen) atoms. The van der Waals surface area contributed by atoms with Crippen LogP contribution < -0.4 is 5.32 Å². The zero-order valence-electron chi connectivity index (χ0n) is 10.8. The molecule has 1 N–H and O–H groups in total. The summed E-state index contributed by atoms with van der Waals surface area (Å²) in [5, 5.41) is 3.18. The van der Waals surface area contributed by atoms with Crippen LogP contribution in [0, 0.1) is 0 Å². The number of hydrogen-bond donors (Lipinski definition) is 1. The molecule has 2 aromatic heterocycles. The predicted molar refractivity (Wildman–Crippen MR) is 68.9 cm³/mol. The number of nitrogens with zero attached hydrogens (tertiary/aromatic N) is 2. The molecule has 0 aliphatic heterocycles. The van der Waals surface area contributed by atoms with Gasteiger partial charge in [0.25, 0.3) is 0 Å². The Morgan fingerprint density at radius 1 is 1.47 bits per heavy atom. The van der Waals surface area contributed by atoms with Crippen molar-refractivity contribution in [2.24, 2.45) is 0 Å². The minimum absolute atomic E-state index is 0.143. The van der Waals surface area contributed by atoms with E-state index in [0.717, 1.165) is 12.2 Å². The lowest BCUT2D eigenvalue weighted by molar-refractivity contribution is 0.0593. The Balaban J connectivity index is 1.93. The molecule has 2 rings (SSSR count). The highest BCUT2D eigenvalue weighted by Gasteiger charge is 2.09. The van der Waals surface area contributed by atoms with E-state index in [2.05, 4.69) is 20.0 Å². The van der Waals surface area contributed by atoms with Crippen molar-refractivity contribution in [3.63, 3.8) is 0 Å². The van der Waals surface area contributed by atoms with Gasteiger partial charge in [0, 0.05) is 12.5 Å². The van der Waals surface area contributed by atoms with Gasteiger partial charge in [0.2, 0.25) is 0 Å². The number of esters is 1. The minimum atomic E-state index is -0.498. The second kappa shape index (κ2) is 5.99. The fourth-order valence-corrected chi connectivity index (χ4v) is 1.65. The third-order valence-electron chi connectivity index (χ3n) is 2.53. The first kappa shape index (κ1) is 13.1. The third-order valence-corrected chi connectivity index (χ3v) is 2.53. The third kappa shape index (κ3) is 3.54. The molecule has 6 heteroatoms. The number of anilines is 1. The zero-order chi connectivity index (χ0) is 13.7. The second-order valence-electron chi connectivity index (χ2n) is 4.11. The minimum Gasteiger partial charge on any atom is -0.469 e. The Kier molecular flexibility index (Phi) is 4.12. The van der Waals surface area contributed by atoms with E-state index in [-0.39, 0.29) is 11.7 Å². The van der Waals surface area contributed by atoms with Crippen molar-refractivity contribution in [2.75, 3.05) is 12.4 Å². The smallest absolute Gasteiger partial charge is 0.358 e. The first-order valence-corrected chi connectivity index (χ1v) is 5.88. The van der Waals surface area contributed by atoms with Crippen LogP contribution in [0.2, 0.25) is 0 Å². The zero-order valence-corrected chi connectivity index (χ0v) is 10.8. The quantitative estimate of drug-likeness (QED) is 0.828. The Hall–Kier alpha value is -2.37. The molecule has 100 valence electrons. The maximum atomic E-state index is 11.2. The van der Waals surface area contributed by atoms with Crippen LogP contribution in [0.5, 0.6) is 0 Å². The SMILES string of the molecule is COC(=O)c1cnc(NC(C)Cc2ccco2)cn1. The molecule has 6 nitrogen and oxygen atoms in total. The molecule has 0 saturated carbocycles. The lowest BCUT2D eigenvalue weighted by Gasteiger charge is -2.12. The molecule has 2 aromatic rings. The average Bonchev–Trinajstić information content (AvgIpc) is 2.91. The molecule has 0 aliphatic rings. The standard InChI is InChI=1S/C13H15N3O3/c1-9(6-10-4-3-5-19-10)16-12-8-14-11(7-15-12)13(17)18-2/h3-5,7-9H,6H2,1-2H3,(H,15,16). The summed E-state index contributed by atoms with van der Waals surface area (Å²) in [6, 6.07) is 3.92. The highest BCUT2D eigenvalue weighted by Crippen LogP contribution is 2.09. The van der Waals surface area contributed by atoms with Crippen LogP contribution in [0.4, 0.5) is 5.82 Å². The van der Waals surface area contributed by atoms with Gasteiger partial charge in [-0.05, 0) is 19.1 Å². The molecular weight excluding hydrogens is 246 g/mol. The van der Waals surface area contributed by atoms with Crippen LogP contribution in [0.3, 0.4) is 0 Å². The molecule has 0 amide bonds. The molecule has 0 aliphatic carbocycles. The van der Waals surface area contributed by atoms with Crippen molar-refractivity contribution in [3.05, 3.63) is 42.2 Å². The summed E-state index contributed by atoms with van der Waals surface area (Å²) in [4.78, 5) is 19.3. The van der Waals surface area contributed by atoms with Crippen LogP contribution in [-0.4, -0.2) is 29.1 Å².